The highest BCUT2D eigenvalue weighted by Crippen LogP contribution is 2.15. The van der Waals surface area contributed by atoms with E-state index in [1.54, 1.807) is 6.08 Å². The second-order valence-corrected chi connectivity index (χ2v) is 12.8. The first-order valence-electron chi connectivity index (χ1n) is 18.5. The molecule has 0 bridgehead atoms. The minimum atomic E-state index is -1.09. The first-order chi connectivity index (χ1) is 20.6. The number of carbonyl (C=O) groups excluding carboxylic acids is 1. The highest BCUT2D eigenvalue weighted by Gasteiger charge is 2.22. The van der Waals surface area contributed by atoms with Gasteiger partial charge in [0.2, 0.25) is 5.91 Å². The fraction of sp³-hybridized carbons (Fsp3) is 0.919. The van der Waals surface area contributed by atoms with Crippen molar-refractivity contribution < 1.29 is 20.1 Å². The van der Waals surface area contributed by atoms with Crippen molar-refractivity contribution in [1.29, 1.82) is 0 Å². The fourth-order valence-electron chi connectivity index (χ4n) is 5.65. The zero-order valence-electron chi connectivity index (χ0n) is 28.1. The van der Waals surface area contributed by atoms with Crippen LogP contribution in [0.5, 0.6) is 0 Å². The molecule has 0 aromatic rings. The van der Waals surface area contributed by atoms with Crippen LogP contribution < -0.4 is 5.32 Å². The van der Waals surface area contributed by atoms with Gasteiger partial charge in [-0.2, -0.15) is 0 Å². The average molecular weight is 596 g/mol. The number of carbonyl (C=O) groups is 1. The van der Waals surface area contributed by atoms with Crippen LogP contribution in [0.1, 0.15) is 194 Å². The highest BCUT2D eigenvalue weighted by atomic mass is 16.3. The number of unbranched alkanes of at least 4 members (excludes halogenated alkanes) is 25. The summed E-state index contributed by atoms with van der Waals surface area (Å²) in [6.07, 6.45) is 36.5. The van der Waals surface area contributed by atoms with Crippen molar-refractivity contribution in [2.75, 3.05) is 6.61 Å². The number of nitrogens with one attached hydrogen (secondary N) is 1. The smallest absolute Gasteiger partial charge is 0.249 e. The summed E-state index contributed by atoms with van der Waals surface area (Å²) >= 11 is 0. The van der Waals surface area contributed by atoms with Crippen molar-refractivity contribution in [3.63, 3.8) is 0 Å². The molecule has 0 aromatic heterocycles. The maximum Gasteiger partial charge on any atom is 0.249 e. The van der Waals surface area contributed by atoms with Crippen molar-refractivity contribution in [1.82, 2.24) is 5.32 Å². The molecule has 0 aliphatic heterocycles. The lowest BCUT2D eigenvalue weighted by Gasteiger charge is -2.21. The molecule has 0 fully saturated rings. The minimum absolute atomic E-state index is 0.360. The molecule has 5 heteroatoms. The molecular formula is C37H73NO4. The number of allylic oxidation sites excluding steroid dienone is 1. The van der Waals surface area contributed by atoms with Gasteiger partial charge in [-0.25, -0.2) is 0 Å². The predicted octanol–water partition coefficient (Wildman–Crippen LogP) is 9.70. The van der Waals surface area contributed by atoms with Crippen LogP contribution in [-0.4, -0.2) is 46.1 Å². The Balaban J connectivity index is 3.72. The van der Waals surface area contributed by atoms with Gasteiger partial charge in [0.1, 0.15) is 6.10 Å². The highest BCUT2D eigenvalue weighted by molar-refractivity contribution is 5.80. The van der Waals surface area contributed by atoms with Crippen LogP contribution in [0.25, 0.3) is 0 Å². The number of rotatable bonds is 33. The summed E-state index contributed by atoms with van der Waals surface area (Å²) in [5.74, 6) is -0.503. The van der Waals surface area contributed by atoms with Crippen molar-refractivity contribution in [2.24, 2.45) is 0 Å². The van der Waals surface area contributed by atoms with E-state index in [4.69, 9.17) is 0 Å². The Labute approximate surface area is 261 Å². The summed E-state index contributed by atoms with van der Waals surface area (Å²) in [5.41, 5.74) is 0. The normalized spacial score (nSPS) is 13.9. The number of hydrogen-bond acceptors (Lipinski definition) is 4. The maximum absolute atomic E-state index is 12.4. The van der Waals surface area contributed by atoms with Gasteiger partial charge in [0.05, 0.1) is 18.8 Å². The van der Waals surface area contributed by atoms with Crippen LogP contribution in [0.3, 0.4) is 0 Å². The summed E-state index contributed by atoms with van der Waals surface area (Å²) in [7, 11) is 0. The van der Waals surface area contributed by atoms with Crippen LogP contribution in [0.15, 0.2) is 12.2 Å². The number of aliphatic hydroxyl groups is 3. The maximum atomic E-state index is 12.4. The number of amides is 1. The van der Waals surface area contributed by atoms with E-state index in [9.17, 15) is 20.1 Å². The SMILES string of the molecule is CCCCCCCCCCCCC/C=C/C(O)C(CO)NC(=O)C(O)CCCCCCCCCCCCCCCCC. The van der Waals surface area contributed by atoms with Gasteiger partial charge < -0.3 is 20.6 Å². The van der Waals surface area contributed by atoms with E-state index < -0.39 is 24.2 Å². The zero-order valence-corrected chi connectivity index (χ0v) is 28.1. The van der Waals surface area contributed by atoms with Crippen LogP contribution in [-0.2, 0) is 4.79 Å². The van der Waals surface area contributed by atoms with Crippen LogP contribution in [0.4, 0.5) is 0 Å². The lowest BCUT2D eigenvalue weighted by atomic mass is 10.0. The second-order valence-electron chi connectivity index (χ2n) is 12.8. The average Bonchev–Trinajstić information content (AvgIpc) is 2.99. The molecule has 4 N–H and O–H groups in total. The number of hydrogen-bond donors (Lipinski definition) is 4. The van der Waals surface area contributed by atoms with Gasteiger partial charge in [0, 0.05) is 0 Å². The molecule has 5 nitrogen and oxygen atoms in total. The quantitative estimate of drug-likeness (QED) is 0.0449. The molecule has 0 rings (SSSR count). The molecule has 0 radical (unpaired) electrons. The standard InChI is InChI=1S/C37H73NO4/c1-3-5-7-9-11-13-15-17-18-20-22-24-26-28-30-32-36(41)37(42)38-34(33-39)35(40)31-29-27-25-23-21-19-16-14-12-10-8-6-4-2/h29,31,34-36,39-41H,3-28,30,32-33H2,1-2H3,(H,38,42)/b31-29+. The third-order valence-electron chi connectivity index (χ3n) is 8.63. The monoisotopic (exact) mass is 596 g/mol. The van der Waals surface area contributed by atoms with Crippen molar-refractivity contribution in [3.8, 4) is 0 Å². The third kappa shape index (κ3) is 27.9. The Kier molecular flexibility index (Phi) is 32.3. The topological polar surface area (TPSA) is 89.8 Å². The van der Waals surface area contributed by atoms with E-state index in [0.29, 0.717) is 6.42 Å². The lowest BCUT2D eigenvalue weighted by molar-refractivity contribution is -0.131. The van der Waals surface area contributed by atoms with Gasteiger partial charge in [-0.15, -0.1) is 0 Å². The molecule has 3 atom stereocenters. The summed E-state index contributed by atoms with van der Waals surface area (Å²) in [6.45, 7) is 4.16. The molecule has 250 valence electrons. The Morgan fingerprint density at radius 2 is 0.929 bits per heavy atom. The molecular weight excluding hydrogens is 522 g/mol. The van der Waals surface area contributed by atoms with Gasteiger partial charge in [-0.05, 0) is 19.3 Å². The predicted molar refractivity (Wildman–Crippen MR) is 181 cm³/mol. The van der Waals surface area contributed by atoms with E-state index in [1.807, 2.05) is 6.08 Å². The summed E-state index contributed by atoms with van der Waals surface area (Å²) in [5, 5.41) is 32.9. The van der Waals surface area contributed by atoms with E-state index >= 15 is 0 Å². The summed E-state index contributed by atoms with van der Waals surface area (Å²) in [6, 6.07) is -0.790. The zero-order chi connectivity index (χ0) is 30.9. The first-order valence-corrected chi connectivity index (χ1v) is 18.5. The Bertz CT molecular complexity index is 582. The first kappa shape index (κ1) is 41.1. The van der Waals surface area contributed by atoms with Crippen molar-refractivity contribution in [2.45, 2.75) is 212 Å². The van der Waals surface area contributed by atoms with Gasteiger partial charge in [-0.1, -0.05) is 187 Å². The van der Waals surface area contributed by atoms with Crippen LogP contribution >= 0.6 is 0 Å². The fourth-order valence-corrected chi connectivity index (χ4v) is 5.65. The largest absolute Gasteiger partial charge is 0.394 e. The molecule has 0 spiro atoms. The Morgan fingerprint density at radius 1 is 0.571 bits per heavy atom. The van der Waals surface area contributed by atoms with Gasteiger partial charge in [0.15, 0.2) is 0 Å². The Morgan fingerprint density at radius 3 is 1.31 bits per heavy atom. The molecule has 0 aliphatic carbocycles. The van der Waals surface area contributed by atoms with E-state index in [0.717, 1.165) is 32.1 Å². The van der Waals surface area contributed by atoms with Crippen molar-refractivity contribution in [3.05, 3.63) is 12.2 Å². The molecule has 1 amide bonds. The second kappa shape index (κ2) is 33.0. The van der Waals surface area contributed by atoms with Crippen LogP contribution in [0.2, 0.25) is 0 Å². The van der Waals surface area contributed by atoms with Gasteiger partial charge in [-0.3, -0.25) is 4.79 Å². The van der Waals surface area contributed by atoms with Crippen LogP contribution in [0, 0.1) is 0 Å². The van der Waals surface area contributed by atoms with Gasteiger partial charge in [0.25, 0.3) is 0 Å². The molecule has 0 aromatic carbocycles. The lowest BCUT2D eigenvalue weighted by Crippen LogP contribution is -2.48. The molecule has 0 heterocycles. The summed E-state index contributed by atoms with van der Waals surface area (Å²) in [4.78, 5) is 12.4. The minimum Gasteiger partial charge on any atom is -0.394 e. The third-order valence-corrected chi connectivity index (χ3v) is 8.63. The van der Waals surface area contributed by atoms with E-state index in [1.165, 1.54) is 141 Å². The van der Waals surface area contributed by atoms with E-state index in [-0.39, 0.29) is 6.61 Å². The summed E-state index contributed by atoms with van der Waals surface area (Å²) < 4.78 is 0. The number of aliphatic hydroxyl groups excluding tert-OH is 3. The molecule has 42 heavy (non-hydrogen) atoms. The molecule has 3 unspecified atom stereocenters. The van der Waals surface area contributed by atoms with Crippen molar-refractivity contribution >= 4 is 5.91 Å². The van der Waals surface area contributed by atoms with E-state index in [2.05, 4.69) is 19.2 Å². The molecule has 0 saturated carbocycles. The Hall–Kier alpha value is -0.910. The van der Waals surface area contributed by atoms with Gasteiger partial charge >= 0.3 is 0 Å². The molecule has 0 aliphatic rings. The molecule has 0 saturated heterocycles.